The number of aryl methyl sites for hydroxylation is 1. The third-order valence-electron chi connectivity index (χ3n) is 1.90. The van der Waals surface area contributed by atoms with Crippen LogP contribution in [0.1, 0.15) is 6.42 Å². The Morgan fingerprint density at radius 1 is 1.56 bits per heavy atom. The molecule has 0 aromatic carbocycles. The minimum Gasteiger partial charge on any atom is -0.390 e. The molecule has 0 aliphatic carbocycles. The van der Waals surface area contributed by atoms with Crippen LogP contribution in [-0.2, 0) is 11.3 Å². The molecule has 0 atom stereocenters. The minimum absolute atomic E-state index is 0.0726. The number of amides is 1. The summed E-state index contributed by atoms with van der Waals surface area (Å²) in [5.41, 5.74) is 0. The fourth-order valence-electron chi connectivity index (χ4n) is 1.02. The molecule has 0 bridgehead atoms. The van der Waals surface area contributed by atoms with Crippen molar-refractivity contribution in [3.8, 4) is 0 Å². The number of carbonyl (C=O) groups excluding carboxylic acids is 1. The molecule has 0 spiro atoms. The van der Waals surface area contributed by atoms with Crippen LogP contribution >= 0.6 is 0 Å². The highest BCUT2D eigenvalue weighted by Gasteiger charge is 2.27. The zero-order valence-electron chi connectivity index (χ0n) is 8.57. The van der Waals surface area contributed by atoms with Crippen LogP contribution in [0.25, 0.3) is 0 Å². The van der Waals surface area contributed by atoms with Gasteiger partial charge in [-0.3, -0.25) is 9.48 Å². The standard InChI is InChI=1S/C9H13F2N3O2/c10-9(11,7-15)6-12-8(16)2-5-14-4-1-3-13-14/h1,3-4,15H,2,5-7H2,(H,12,16). The van der Waals surface area contributed by atoms with Crippen LogP contribution in [0.3, 0.4) is 0 Å². The maximum absolute atomic E-state index is 12.5. The number of rotatable bonds is 6. The zero-order valence-corrected chi connectivity index (χ0v) is 8.57. The topological polar surface area (TPSA) is 67.2 Å². The monoisotopic (exact) mass is 233 g/mol. The van der Waals surface area contributed by atoms with E-state index in [1.807, 2.05) is 5.32 Å². The van der Waals surface area contributed by atoms with E-state index in [0.717, 1.165) is 0 Å². The quantitative estimate of drug-likeness (QED) is 0.727. The van der Waals surface area contributed by atoms with Crippen molar-refractivity contribution in [2.24, 2.45) is 0 Å². The number of nitrogens with one attached hydrogen (secondary N) is 1. The highest BCUT2D eigenvalue weighted by molar-refractivity contribution is 5.75. The van der Waals surface area contributed by atoms with Crippen LogP contribution in [0, 0.1) is 0 Å². The summed E-state index contributed by atoms with van der Waals surface area (Å²) in [6.45, 7) is -1.78. The first-order valence-electron chi connectivity index (χ1n) is 4.76. The van der Waals surface area contributed by atoms with Crippen molar-refractivity contribution in [3.63, 3.8) is 0 Å². The lowest BCUT2D eigenvalue weighted by molar-refractivity contribution is -0.124. The van der Waals surface area contributed by atoms with Gasteiger partial charge in [0.2, 0.25) is 5.91 Å². The molecule has 0 unspecified atom stereocenters. The van der Waals surface area contributed by atoms with Crippen LogP contribution in [-0.4, -0.2) is 39.9 Å². The summed E-state index contributed by atoms with van der Waals surface area (Å²) < 4.78 is 26.6. The van der Waals surface area contributed by atoms with Crippen molar-refractivity contribution in [1.82, 2.24) is 15.1 Å². The van der Waals surface area contributed by atoms with Crippen LogP contribution in [0.4, 0.5) is 8.78 Å². The Kier molecular flexibility index (Phi) is 4.36. The smallest absolute Gasteiger partial charge is 0.287 e. The van der Waals surface area contributed by atoms with Crippen LogP contribution in [0.15, 0.2) is 18.5 Å². The Hall–Kier alpha value is -1.50. The Morgan fingerprint density at radius 2 is 2.31 bits per heavy atom. The Morgan fingerprint density at radius 3 is 2.88 bits per heavy atom. The van der Waals surface area contributed by atoms with Gasteiger partial charge in [-0.25, -0.2) is 8.78 Å². The largest absolute Gasteiger partial charge is 0.390 e. The molecular weight excluding hydrogens is 220 g/mol. The number of aliphatic hydroxyl groups excluding tert-OH is 1. The molecule has 0 saturated carbocycles. The van der Waals surface area contributed by atoms with E-state index in [1.54, 1.807) is 18.5 Å². The molecule has 0 aliphatic heterocycles. The van der Waals surface area contributed by atoms with Crippen molar-refractivity contribution >= 4 is 5.91 Å². The lowest BCUT2D eigenvalue weighted by Gasteiger charge is -2.13. The SMILES string of the molecule is O=C(CCn1cccn1)NCC(F)(F)CO. The van der Waals surface area contributed by atoms with Crippen LogP contribution < -0.4 is 5.32 Å². The number of halogens is 2. The average molecular weight is 233 g/mol. The molecule has 1 rings (SSSR count). The second-order valence-corrected chi connectivity index (χ2v) is 3.31. The molecule has 1 aromatic rings. The summed E-state index contributed by atoms with van der Waals surface area (Å²) >= 11 is 0. The Labute approximate surface area is 91.1 Å². The molecule has 1 aromatic heterocycles. The first-order chi connectivity index (χ1) is 7.53. The summed E-state index contributed by atoms with van der Waals surface area (Å²) in [7, 11) is 0. The van der Waals surface area contributed by atoms with Gasteiger partial charge in [-0.1, -0.05) is 0 Å². The van der Waals surface area contributed by atoms with Crippen molar-refractivity contribution in [2.45, 2.75) is 18.9 Å². The molecule has 2 N–H and O–H groups in total. The minimum atomic E-state index is -3.26. The van der Waals surface area contributed by atoms with Gasteiger partial charge in [0.25, 0.3) is 5.92 Å². The third-order valence-corrected chi connectivity index (χ3v) is 1.90. The van der Waals surface area contributed by atoms with Gasteiger partial charge in [0.1, 0.15) is 6.61 Å². The van der Waals surface area contributed by atoms with E-state index in [4.69, 9.17) is 5.11 Å². The molecule has 90 valence electrons. The van der Waals surface area contributed by atoms with Crippen molar-refractivity contribution in [1.29, 1.82) is 0 Å². The van der Waals surface area contributed by atoms with Gasteiger partial charge in [-0.2, -0.15) is 5.10 Å². The molecule has 0 saturated heterocycles. The molecule has 0 radical (unpaired) electrons. The van der Waals surface area contributed by atoms with Crippen molar-refractivity contribution < 1.29 is 18.7 Å². The predicted molar refractivity (Wildman–Crippen MR) is 51.9 cm³/mol. The van der Waals surface area contributed by atoms with Crippen LogP contribution in [0.5, 0.6) is 0 Å². The second-order valence-electron chi connectivity index (χ2n) is 3.31. The fraction of sp³-hybridized carbons (Fsp3) is 0.556. The summed E-state index contributed by atoms with van der Waals surface area (Å²) in [5, 5.41) is 14.2. The number of alkyl halides is 2. The maximum atomic E-state index is 12.5. The van der Waals surface area contributed by atoms with E-state index >= 15 is 0 Å². The number of hydrogen-bond acceptors (Lipinski definition) is 3. The molecule has 7 heteroatoms. The number of carbonyl (C=O) groups is 1. The number of nitrogens with zero attached hydrogens (tertiary/aromatic N) is 2. The average Bonchev–Trinajstić information content (AvgIpc) is 2.76. The summed E-state index contributed by atoms with van der Waals surface area (Å²) in [6.07, 6.45) is 3.32. The summed E-state index contributed by atoms with van der Waals surface area (Å²) in [6, 6.07) is 1.71. The van der Waals surface area contributed by atoms with Gasteiger partial charge in [0.05, 0.1) is 6.54 Å². The van der Waals surface area contributed by atoms with Gasteiger partial charge < -0.3 is 10.4 Å². The van der Waals surface area contributed by atoms with Crippen molar-refractivity contribution in [3.05, 3.63) is 18.5 Å². The first-order valence-corrected chi connectivity index (χ1v) is 4.76. The Bertz CT molecular complexity index is 328. The zero-order chi connectivity index (χ0) is 12.0. The summed E-state index contributed by atoms with van der Waals surface area (Å²) in [4.78, 5) is 11.1. The Balaban J connectivity index is 2.21. The molecule has 0 fully saturated rings. The molecule has 16 heavy (non-hydrogen) atoms. The van der Waals surface area contributed by atoms with Crippen molar-refractivity contribution in [2.75, 3.05) is 13.2 Å². The second kappa shape index (κ2) is 5.55. The van der Waals surface area contributed by atoms with Crippen LogP contribution in [0.2, 0.25) is 0 Å². The van der Waals surface area contributed by atoms with Gasteiger partial charge >= 0.3 is 0 Å². The normalized spacial score (nSPS) is 11.4. The van der Waals surface area contributed by atoms with Gasteiger partial charge in [0.15, 0.2) is 0 Å². The van der Waals surface area contributed by atoms with E-state index in [0.29, 0.717) is 6.54 Å². The van der Waals surface area contributed by atoms with E-state index in [-0.39, 0.29) is 6.42 Å². The lowest BCUT2D eigenvalue weighted by atomic mass is 10.3. The molecule has 1 amide bonds. The highest BCUT2D eigenvalue weighted by atomic mass is 19.3. The molecule has 5 nitrogen and oxygen atoms in total. The van der Waals surface area contributed by atoms with Gasteiger partial charge in [-0.05, 0) is 6.07 Å². The van der Waals surface area contributed by atoms with E-state index in [2.05, 4.69) is 5.10 Å². The molecule has 0 aliphatic rings. The predicted octanol–water partition coefficient (Wildman–Crippen LogP) is 0.0170. The first kappa shape index (κ1) is 12.6. The maximum Gasteiger partial charge on any atom is 0.287 e. The lowest BCUT2D eigenvalue weighted by Crippen LogP contribution is -2.39. The fourth-order valence-corrected chi connectivity index (χ4v) is 1.02. The van der Waals surface area contributed by atoms with Gasteiger partial charge in [-0.15, -0.1) is 0 Å². The number of aliphatic hydroxyl groups is 1. The third kappa shape index (κ3) is 4.35. The van der Waals surface area contributed by atoms with E-state index in [9.17, 15) is 13.6 Å². The van der Waals surface area contributed by atoms with E-state index < -0.39 is 25.0 Å². The number of hydrogen-bond donors (Lipinski definition) is 2. The molecule has 1 heterocycles. The molecular formula is C9H13F2N3O2. The highest BCUT2D eigenvalue weighted by Crippen LogP contribution is 2.09. The van der Waals surface area contributed by atoms with Gasteiger partial charge in [0, 0.05) is 25.4 Å². The number of aromatic nitrogens is 2. The summed E-state index contributed by atoms with van der Waals surface area (Å²) in [5.74, 6) is -3.76. The van der Waals surface area contributed by atoms with E-state index in [1.165, 1.54) is 4.68 Å².